The molecule has 0 saturated heterocycles. The van der Waals surface area contributed by atoms with E-state index in [0.29, 0.717) is 18.3 Å². The van der Waals surface area contributed by atoms with Crippen LogP contribution in [-0.4, -0.2) is 21.8 Å². The van der Waals surface area contributed by atoms with Gasteiger partial charge in [-0.15, -0.1) is 11.3 Å². The van der Waals surface area contributed by atoms with Crippen LogP contribution in [-0.2, 0) is 6.54 Å². The Hall–Kier alpha value is -1.66. The normalized spacial score (nSPS) is 16.0. The van der Waals surface area contributed by atoms with E-state index in [9.17, 15) is 4.79 Å². The van der Waals surface area contributed by atoms with Crippen molar-refractivity contribution < 1.29 is 9.21 Å². The van der Waals surface area contributed by atoms with Crippen LogP contribution in [0.25, 0.3) is 0 Å². The van der Waals surface area contributed by atoms with Crippen molar-refractivity contribution in [1.29, 1.82) is 0 Å². The van der Waals surface area contributed by atoms with Gasteiger partial charge in [-0.2, -0.15) is 0 Å². The molecule has 0 spiro atoms. The first kappa shape index (κ1) is 14.3. The third kappa shape index (κ3) is 3.16. The molecule has 0 aromatic carbocycles. The van der Waals surface area contributed by atoms with E-state index in [0.717, 1.165) is 29.4 Å². The van der Waals surface area contributed by atoms with Crippen LogP contribution in [0.4, 0.5) is 0 Å². The summed E-state index contributed by atoms with van der Waals surface area (Å²) in [5, 5.41) is 2.59. The summed E-state index contributed by atoms with van der Waals surface area (Å²) in [6, 6.07) is 4.01. The number of aryl methyl sites for hydroxylation is 1. The first-order chi connectivity index (χ1) is 10.0. The molecule has 5 nitrogen and oxygen atoms in total. The van der Waals surface area contributed by atoms with Gasteiger partial charge in [0.2, 0.25) is 0 Å². The number of furan rings is 1. The molecule has 1 saturated carbocycles. The number of carbonyl (C=O) groups is 1. The number of thiazole rings is 1. The number of hydrogen-bond acceptors (Lipinski definition) is 5. The molecule has 1 aliphatic rings. The molecular formula is C15H19N3O2S. The lowest BCUT2D eigenvalue weighted by Crippen LogP contribution is -2.32. The minimum Gasteiger partial charge on any atom is -0.464 e. The lowest BCUT2D eigenvalue weighted by molar-refractivity contribution is 0.0711. The van der Waals surface area contributed by atoms with E-state index in [1.54, 1.807) is 5.38 Å². The Bertz CT molecular complexity index is 643. The van der Waals surface area contributed by atoms with Crippen molar-refractivity contribution in [2.24, 2.45) is 5.73 Å². The molecule has 3 rings (SSSR count). The maximum Gasteiger partial charge on any atom is 0.273 e. The van der Waals surface area contributed by atoms with Crippen LogP contribution in [0.15, 0.2) is 21.9 Å². The highest BCUT2D eigenvalue weighted by atomic mass is 32.1. The maximum atomic E-state index is 12.7. The summed E-state index contributed by atoms with van der Waals surface area (Å²) >= 11 is 1.44. The molecule has 0 bridgehead atoms. The largest absolute Gasteiger partial charge is 0.464 e. The molecule has 6 heteroatoms. The third-order valence-corrected chi connectivity index (χ3v) is 4.55. The molecule has 2 aromatic heterocycles. The van der Waals surface area contributed by atoms with Gasteiger partial charge >= 0.3 is 0 Å². The van der Waals surface area contributed by atoms with Gasteiger partial charge in [0.1, 0.15) is 22.2 Å². The molecule has 0 aliphatic heterocycles. The molecule has 1 fully saturated rings. The van der Waals surface area contributed by atoms with Gasteiger partial charge in [-0.05, 0) is 38.8 Å². The first-order valence-corrected chi connectivity index (χ1v) is 8.00. The fraction of sp³-hybridized carbons (Fsp3) is 0.467. The Kier molecular flexibility index (Phi) is 3.82. The minimum absolute atomic E-state index is 0.0327. The number of aromatic nitrogens is 1. The van der Waals surface area contributed by atoms with Gasteiger partial charge < -0.3 is 15.1 Å². The van der Waals surface area contributed by atoms with Crippen LogP contribution in [0.5, 0.6) is 0 Å². The van der Waals surface area contributed by atoms with Crippen molar-refractivity contribution in [2.45, 2.75) is 45.3 Å². The van der Waals surface area contributed by atoms with Crippen molar-refractivity contribution >= 4 is 17.2 Å². The number of carbonyl (C=O) groups excluding carboxylic acids is 1. The second-order valence-corrected chi connectivity index (χ2v) is 6.43. The van der Waals surface area contributed by atoms with Crippen LogP contribution >= 0.6 is 11.3 Å². The molecule has 21 heavy (non-hydrogen) atoms. The molecular weight excluding hydrogens is 286 g/mol. The Morgan fingerprint density at radius 2 is 2.33 bits per heavy atom. The van der Waals surface area contributed by atoms with Crippen LogP contribution in [0.2, 0.25) is 0 Å². The molecule has 1 atom stereocenters. The SMILES string of the molecule is Cc1ccc(CN(C(=O)c2csc(C(C)N)n2)C2CC2)o1. The summed E-state index contributed by atoms with van der Waals surface area (Å²) in [4.78, 5) is 18.9. The Labute approximate surface area is 127 Å². The van der Waals surface area contributed by atoms with Crippen LogP contribution in [0, 0.1) is 6.92 Å². The molecule has 1 amide bonds. The monoisotopic (exact) mass is 305 g/mol. The minimum atomic E-state index is -0.140. The van der Waals surface area contributed by atoms with Crippen molar-refractivity contribution in [1.82, 2.24) is 9.88 Å². The Morgan fingerprint density at radius 1 is 1.57 bits per heavy atom. The highest BCUT2D eigenvalue weighted by Crippen LogP contribution is 2.30. The highest BCUT2D eigenvalue weighted by molar-refractivity contribution is 7.09. The number of amides is 1. The quantitative estimate of drug-likeness (QED) is 0.922. The first-order valence-electron chi connectivity index (χ1n) is 7.12. The van der Waals surface area contributed by atoms with E-state index in [2.05, 4.69) is 4.98 Å². The number of nitrogens with zero attached hydrogens (tertiary/aromatic N) is 2. The number of hydrogen-bond donors (Lipinski definition) is 1. The second-order valence-electron chi connectivity index (χ2n) is 5.54. The Morgan fingerprint density at radius 3 is 2.86 bits per heavy atom. The average molecular weight is 305 g/mol. The molecule has 2 heterocycles. The Balaban J connectivity index is 1.78. The zero-order valence-electron chi connectivity index (χ0n) is 12.2. The predicted octanol–water partition coefficient (Wildman–Crippen LogP) is 2.87. The fourth-order valence-corrected chi connectivity index (χ4v) is 2.98. The summed E-state index contributed by atoms with van der Waals surface area (Å²) in [5.41, 5.74) is 6.30. The van der Waals surface area contributed by atoms with Gasteiger partial charge in [0.05, 0.1) is 12.6 Å². The summed E-state index contributed by atoms with van der Waals surface area (Å²) in [5.74, 6) is 1.64. The van der Waals surface area contributed by atoms with E-state index in [1.165, 1.54) is 11.3 Å². The summed E-state index contributed by atoms with van der Waals surface area (Å²) in [6.45, 7) is 4.28. The summed E-state index contributed by atoms with van der Waals surface area (Å²) in [7, 11) is 0. The number of nitrogens with two attached hydrogens (primary N) is 1. The van der Waals surface area contributed by atoms with Crippen LogP contribution in [0.1, 0.15) is 52.8 Å². The van der Waals surface area contributed by atoms with Gasteiger partial charge in [-0.3, -0.25) is 4.79 Å². The van der Waals surface area contributed by atoms with E-state index in [1.807, 2.05) is 30.9 Å². The standard InChI is InChI=1S/C15H19N3O2S/c1-9-3-6-12(20-9)7-18(11-4-5-11)15(19)13-8-21-14(17-13)10(2)16/h3,6,8,10-11H,4-5,7,16H2,1-2H3. The lowest BCUT2D eigenvalue weighted by atomic mass is 10.3. The van der Waals surface area contributed by atoms with Gasteiger partial charge in [0.15, 0.2) is 0 Å². The third-order valence-electron chi connectivity index (χ3n) is 3.50. The van der Waals surface area contributed by atoms with Crippen molar-refractivity contribution in [3.63, 3.8) is 0 Å². The van der Waals surface area contributed by atoms with E-state index >= 15 is 0 Å². The predicted molar refractivity (Wildman–Crippen MR) is 81.1 cm³/mol. The summed E-state index contributed by atoms with van der Waals surface area (Å²) < 4.78 is 5.59. The van der Waals surface area contributed by atoms with Gasteiger partial charge in [0, 0.05) is 11.4 Å². The van der Waals surface area contributed by atoms with E-state index in [4.69, 9.17) is 10.2 Å². The van der Waals surface area contributed by atoms with Gasteiger partial charge in [-0.25, -0.2) is 4.98 Å². The zero-order chi connectivity index (χ0) is 15.0. The topological polar surface area (TPSA) is 72.4 Å². The van der Waals surface area contributed by atoms with Gasteiger partial charge in [-0.1, -0.05) is 0 Å². The van der Waals surface area contributed by atoms with Crippen molar-refractivity contribution in [3.8, 4) is 0 Å². The lowest BCUT2D eigenvalue weighted by Gasteiger charge is -2.20. The average Bonchev–Trinajstić information content (AvgIpc) is 3.00. The van der Waals surface area contributed by atoms with Crippen LogP contribution in [0.3, 0.4) is 0 Å². The zero-order valence-corrected chi connectivity index (χ0v) is 13.0. The van der Waals surface area contributed by atoms with E-state index in [-0.39, 0.29) is 11.9 Å². The summed E-state index contributed by atoms with van der Waals surface area (Å²) in [6.07, 6.45) is 2.10. The number of rotatable bonds is 5. The van der Waals surface area contributed by atoms with Gasteiger partial charge in [0.25, 0.3) is 5.91 Å². The molecule has 2 aromatic rings. The fourth-order valence-electron chi connectivity index (χ4n) is 2.23. The van der Waals surface area contributed by atoms with Crippen LogP contribution < -0.4 is 5.73 Å². The molecule has 0 radical (unpaired) electrons. The highest BCUT2D eigenvalue weighted by Gasteiger charge is 2.34. The van der Waals surface area contributed by atoms with Crippen molar-refractivity contribution in [3.05, 3.63) is 39.7 Å². The second kappa shape index (κ2) is 5.61. The smallest absolute Gasteiger partial charge is 0.273 e. The molecule has 112 valence electrons. The maximum absolute atomic E-state index is 12.7. The molecule has 1 aliphatic carbocycles. The molecule has 1 unspecified atom stereocenters. The molecule has 2 N–H and O–H groups in total. The van der Waals surface area contributed by atoms with E-state index < -0.39 is 0 Å². The van der Waals surface area contributed by atoms with Crippen molar-refractivity contribution in [2.75, 3.05) is 0 Å².